The molecule has 7 heteroatoms. The summed E-state index contributed by atoms with van der Waals surface area (Å²) in [5.41, 5.74) is -0.449. The van der Waals surface area contributed by atoms with Gasteiger partial charge in [-0.2, -0.15) is 0 Å². The first-order valence-electron chi connectivity index (χ1n) is 6.29. The predicted molar refractivity (Wildman–Crippen MR) is 75.2 cm³/mol. The summed E-state index contributed by atoms with van der Waals surface area (Å²) < 4.78 is 0. The smallest absolute Gasteiger partial charge is 0.326 e. The fourth-order valence-electron chi connectivity index (χ4n) is 1.96. The number of nitrogens with one attached hydrogen (secondary N) is 2. The number of aliphatic hydroxyl groups excluding tert-OH is 1. The zero-order chi connectivity index (χ0) is 15.4. The molecule has 0 aliphatic heterocycles. The van der Waals surface area contributed by atoms with E-state index in [9.17, 15) is 14.4 Å². The van der Waals surface area contributed by atoms with Crippen molar-refractivity contribution in [3.8, 4) is 0 Å². The normalized spacial score (nSPS) is 12.0. The third-order valence-corrected chi connectivity index (χ3v) is 3.02. The lowest BCUT2D eigenvalue weighted by molar-refractivity contribution is -0.139. The number of aliphatic carboxylic acids is 1. The quantitative estimate of drug-likeness (QED) is 0.622. The fourth-order valence-corrected chi connectivity index (χ4v) is 1.96. The van der Waals surface area contributed by atoms with Gasteiger partial charge in [-0.3, -0.25) is 9.59 Å². The second-order valence-electron chi connectivity index (χ2n) is 4.48. The highest BCUT2D eigenvalue weighted by molar-refractivity contribution is 5.98. The van der Waals surface area contributed by atoms with Crippen LogP contribution in [0.4, 0.5) is 0 Å². The molecule has 1 aromatic carbocycles. The van der Waals surface area contributed by atoms with E-state index in [2.05, 4.69) is 10.3 Å². The standard InChI is InChI=1S/C14H14N2O5/c17-6-5-10(14(20)21)15-13(19)11-7-8-3-1-2-4-9(8)12(18)16-11/h1-4,7,10,17H,5-6H2,(H,15,19)(H,16,18)(H,20,21)/t10-/m0/s1. The van der Waals surface area contributed by atoms with E-state index < -0.39 is 23.5 Å². The molecule has 2 rings (SSSR count). The molecule has 0 unspecified atom stereocenters. The highest BCUT2D eigenvalue weighted by atomic mass is 16.4. The summed E-state index contributed by atoms with van der Waals surface area (Å²) in [6.45, 7) is -0.370. The van der Waals surface area contributed by atoms with E-state index in [0.717, 1.165) is 0 Å². The zero-order valence-electron chi connectivity index (χ0n) is 11.0. The molecule has 1 aromatic heterocycles. The van der Waals surface area contributed by atoms with Crippen LogP contribution in [0.25, 0.3) is 10.8 Å². The molecule has 0 fully saturated rings. The number of aliphatic hydroxyl groups is 1. The summed E-state index contributed by atoms with van der Waals surface area (Å²) >= 11 is 0. The molecule has 0 aliphatic rings. The van der Waals surface area contributed by atoms with E-state index in [1.807, 2.05) is 0 Å². The number of aromatic nitrogens is 1. The number of fused-ring (bicyclic) bond motifs is 1. The van der Waals surface area contributed by atoms with Gasteiger partial charge in [0.15, 0.2) is 0 Å². The van der Waals surface area contributed by atoms with Gasteiger partial charge in [-0.25, -0.2) is 4.79 Å². The van der Waals surface area contributed by atoms with Crippen molar-refractivity contribution < 1.29 is 19.8 Å². The largest absolute Gasteiger partial charge is 0.480 e. The van der Waals surface area contributed by atoms with Crippen molar-refractivity contribution in [3.05, 3.63) is 46.4 Å². The Bertz CT molecular complexity index is 737. The zero-order valence-corrected chi connectivity index (χ0v) is 11.0. The van der Waals surface area contributed by atoms with E-state index in [0.29, 0.717) is 10.8 Å². The van der Waals surface area contributed by atoms with Crippen LogP contribution < -0.4 is 10.9 Å². The average molecular weight is 290 g/mol. The van der Waals surface area contributed by atoms with Crippen LogP contribution in [0.15, 0.2) is 35.1 Å². The molecule has 0 saturated heterocycles. The van der Waals surface area contributed by atoms with Crippen molar-refractivity contribution in [1.29, 1.82) is 0 Å². The van der Waals surface area contributed by atoms with Gasteiger partial charge in [0.1, 0.15) is 11.7 Å². The molecule has 21 heavy (non-hydrogen) atoms. The first-order chi connectivity index (χ1) is 10.0. The Kier molecular flexibility index (Phi) is 4.34. The Morgan fingerprint density at radius 2 is 2.00 bits per heavy atom. The van der Waals surface area contributed by atoms with Crippen molar-refractivity contribution in [1.82, 2.24) is 10.3 Å². The van der Waals surface area contributed by atoms with Gasteiger partial charge >= 0.3 is 5.97 Å². The molecular formula is C14H14N2O5. The highest BCUT2D eigenvalue weighted by Crippen LogP contribution is 2.10. The molecule has 2 aromatic rings. The van der Waals surface area contributed by atoms with Gasteiger partial charge in [0.2, 0.25) is 0 Å². The number of rotatable bonds is 5. The number of aromatic amines is 1. The van der Waals surface area contributed by atoms with Gasteiger partial charge in [0, 0.05) is 18.4 Å². The van der Waals surface area contributed by atoms with Crippen molar-refractivity contribution >= 4 is 22.6 Å². The minimum atomic E-state index is -1.25. The number of hydrogen-bond donors (Lipinski definition) is 4. The fraction of sp³-hybridized carbons (Fsp3) is 0.214. The molecule has 0 spiro atoms. The summed E-state index contributed by atoms with van der Waals surface area (Å²) in [5, 5.41) is 21.0. The van der Waals surface area contributed by atoms with Crippen LogP contribution in [0.2, 0.25) is 0 Å². The number of H-pyrrole nitrogens is 1. The first-order valence-corrected chi connectivity index (χ1v) is 6.29. The van der Waals surface area contributed by atoms with Crippen LogP contribution in [0.5, 0.6) is 0 Å². The molecule has 7 nitrogen and oxygen atoms in total. The van der Waals surface area contributed by atoms with Gasteiger partial charge in [-0.05, 0) is 17.5 Å². The molecule has 1 atom stereocenters. The van der Waals surface area contributed by atoms with E-state index in [-0.39, 0.29) is 18.7 Å². The van der Waals surface area contributed by atoms with Crippen LogP contribution >= 0.6 is 0 Å². The number of pyridine rings is 1. The Hall–Kier alpha value is -2.67. The van der Waals surface area contributed by atoms with Crippen LogP contribution in [-0.2, 0) is 4.79 Å². The van der Waals surface area contributed by atoms with Gasteiger partial charge in [0.25, 0.3) is 11.5 Å². The van der Waals surface area contributed by atoms with Gasteiger partial charge in [-0.15, -0.1) is 0 Å². The van der Waals surface area contributed by atoms with Crippen LogP contribution in [-0.4, -0.2) is 39.7 Å². The molecule has 110 valence electrons. The number of carbonyl (C=O) groups excluding carboxylic acids is 1. The second-order valence-corrected chi connectivity index (χ2v) is 4.48. The van der Waals surface area contributed by atoms with E-state index >= 15 is 0 Å². The van der Waals surface area contributed by atoms with Crippen LogP contribution in [0.3, 0.4) is 0 Å². The summed E-state index contributed by atoms with van der Waals surface area (Å²) in [5.74, 6) is -1.96. The minimum absolute atomic E-state index is 0.0251. The maximum Gasteiger partial charge on any atom is 0.326 e. The van der Waals surface area contributed by atoms with Gasteiger partial charge in [-0.1, -0.05) is 18.2 Å². The minimum Gasteiger partial charge on any atom is -0.480 e. The third kappa shape index (κ3) is 3.26. The Labute approximate surface area is 119 Å². The molecule has 0 aliphatic carbocycles. The SMILES string of the molecule is O=C(N[C@@H](CCO)C(=O)O)c1cc2ccccc2c(=O)[nH]1. The summed E-state index contributed by atoms with van der Waals surface area (Å²) in [6.07, 6.45) is -0.112. The first kappa shape index (κ1) is 14.7. The molecule has 0 radical (unpaired) electrons. The maximum atomic E-state index is 12.0. The predicted octanol–water partition coefficient (Wildman–Crippen LogP) is 0.0935. The lowest BCUT2D eigenvalue weighted by Crippen LogP contribution is -2.42. The second kappa shape index (κ2) is 6.19. The molecule has 0 saturated carbocycles. The number of benzene rings is 1. The Morgan fingerprint density at radius 3 is 2.67 bits per heavy atom. The molecule has 0 bridgehead atoms. The van der Waals surface area contributed by atoms with Crippen molar-refractivity contribution in [3.63, 3.8) is 0 Å². The number of carboxylic acids is 1. The van der Waals surface area contributed by atoms with Crippen molar-refractivity contribution in [2.45, 2.75) is 12.5 Å². The number of hydrogen-bond acceptors (Lipinski definition) is 4. The van der Waals surface area contributed by atoms with E-state index in [1.165, 1.54) is 6.07 Å². The summed E-state index contributed by atoms with van der Waals surface area (Å²) in [4.78, 5) is 37.2. The maximum absolute atomic E-state index is 12.0. The monoisotopic (exact) mass is 290 g/mol. The van der Waals surface area contributed by atoms with E-state index in [4.69, 9.17) is 10.2 Å². The van der Waals surface area contributed by atoms with Crippen molar-refractivity contribution in [2.24, 2.45) is 0 Å². The van der Waals surface area contributed by atoms with Gasteiger partial charge < -0.3 is 20.5 Å². The molecule has 1 heterocycles. The summed E-state index contributed by atoms with van der Waals surface area (Å²) in [6, 6.07) is 7.02. The van der Waals surface area contributed by atoms with E-state index in [1.54, 1.807) is 24.3 Å². The molecule has 1 amide bonds. The summed E-state index contributed by atoms with van der Waals surface area (Å²) in [7, 11) is 0. The van der Waals surface area contributed by atoms with Crippen molar-refractivity contribution in [2.75, 3.05) is 6.61 Å². The topological polar surface area (TPSA) is 119 Å². The van der Waals surface area contributed by atoms with Crippen LogP contribution in [0, 0.1) is 0 Å². The Balaban J connectivity index is 2.31. The Morgan fingerprint density at radius 1 is 1.29 bits per heavy atom. The van der Waals surface area contributed by atoms with Crippen LogP contribution in [0.1, 0.15) is 16.9 Å². The van der Waals surface area contributed by atoms with Gasteiger partial charge in [0.05, 0.1) is 0 Å². The number of amides is 1. The highest BCUT2D eigenvalue weighted by Gasteiger charge is 2.20. The average Bonchev–Trinajstić information content (AvgIpc) is 2.46. The number of carbonyl (C=O) groups is 2. The molecule has 4 N–H and O–H groups in total. The number of carboxylic acid groups (broad SMARTS) is 1. The lowest BCUT2D eigenvalue weighted by Gasteiger charge is -2.13. The third-order valence-electron chi connectivity index (χ3n) is 3.02. The lowest BCUT2D eigenvalue weighted by atomic mass is 10.1. The molecular weight excluding hydrogens is 276 g/mol.